The van der Waals surface area contributed by atoms with Crippen LogP contribution in [0.2, 0.25) is 0 Å². The van der Waals surface area contributed by atoms with Crippen LogP contribution in [0, 0.1) is 12.7 Å². The molecule has 0 saturated heterocycles. The molecule has 0 bridgehead atoms. The highest BCUT2D eigenvalue weighted by Gasteiger charge is 2.34. The Morgan fingerprint density at radius 2 is 1.97 bits per heavy atom. The zero-order valence-corrected chi connectivity index (χ0v) is 16.2. The van der Waals surface area contributed by atoms with Gasteiger partial charge in [0.25, 0.3) is 5.91 Å². The number of nitrogens with zero attached hydrogens (tertiary/aromatic N) is 3. The lowest BCUT2D eigenvalue weighted by Crippen LogP contribution is -2.42. The molecule has 0 fully saturated rings. The van der Waals surface area contributed by atoms with E-state index in [0.717, 1.165) is 23.8 Å². The van der Waals surface area contributed by atoms with Gasteiger partial charge in [-0.25, -0.2) is 13.9 Å². The first-order valence-corrected chi connectivity index (χ1v) is 8.73. The van der Waals surface area contributed by atoms with Crippen molar-refractivity contribution in [1.82, 2.24) is 19.9 Å². The van der Waals surface area contributed by atoms with Gasteiger partial charge in [0.2, 0.25) is 0 Å². The number of halogens is 4. The predicted octanol–water partition coefficient (Wildman–Crippen LogP) is 3.32. The van der Waals surface area contributed by atoms with Crippen molar-refractivity contribution in [2.24, 2.45) is 0 Å². The van der Waals surface area contributed by atoms with Crippen LogP contribution < -0.4 is 10.1 Å². The van der Waals surface area contributed by atoms with Gasteiger partial charge in [0, 0.05) is 12.4 Å². The van der Waals surface area contributed by atoms with Crippen molar-refractivity contribution in [1.29, 1.82) is 0 Å². The summed E-state index contributed by atoms with van der Waals surface area (Å²) < 4.78 is 56.2. The van der Waals surface area contributed by atoms with E-state index in [1.165, 1.54) is 24.6 Å². The maximum atomic E-state index is 14.1. The fraction of sp³-hybridized carbons (Fsp3) is 0.316. The van der Waals surface area contributed by atoms with Gasteiger partial charge < -0.3 is 15.2 Å². The van der Waals surface area contributed by atoms with Gasteiger partial charge in [-0.2, -0.15) is 5.10 Å². The van der Waals surface area contributed by atoms with Crippen LogP contribution in [0.25, 0.3) is 5.65 Å². The van der Waals surface area contributed by atoms with Crippen LogP contribution in [0.3, 0.4) is 0 Å². The monoisotopic (exact) mass is 426 g/mol. The van der Waals surface area contributed by atoms with E-state index in [-0.39, 0.29) is 16.8 Å². The summed E-state index contributed by atoms with van der Waals surface area (Å²) in [4.78, 5) is 16.9. The summed E-state index contributed by atoms with van der Waals surface area (Å²) in [5, 5.41) is 17.1. The number of nitrogens with one attached hydrogen (secondary N) is 1. The topological polar surface area (TPSA) is 88.8 Å². The maximum absolute atomic E-state index is 14.1. The van der Waals surface area contributed by atoms with Crippen LogP contribution in [0.15, 0.2) is 36.8 Å². The molecular formula is C19H18F4N4O3. The van der Waals surface area contributed by atoms with E-state index >= 15 is 0 Å². The molecule has 1 aromatic carbocycles. The molecule has 11 heteroatoms. The molecule has 3 aromatic rings. The molecule has 0 aliphatic heterocycles. The average Bonchev–Trinajstić information content (AvgIpc) is 3.02. The maximum Gasteiger partial charge on any atom is 0.573 e. The number of carbonyl (C=O) groups is 1. The van der Waals surface area contributed by atoms with Gasteiger partial charge in [-0.15, -0.1) is 13.2 Å². The Morgan fingerprint density at radius 3 is 2.57 bits per heavy atom. The number of aromatic nitrogens is 3. The Bertz CT molecular complexity index is 1090. The fourth-order valence-corrected chi connectivity index (χ4v) is 2.91. The summed E-state index contributed by atoms with van der Waals surface area (Å²) in [7, 11) is 0. The normalized spacial score (nSPS) is 13.3. The molecule has 2 N–H and O–H groups in total. The second-order valence-electron chi connectivity index (χ2n) is 7.26. The van der Waals surface area contributed by atoms with Crippen molar-refractivity contribution in [3.8, 4) is 5.75 Å². The molecule has 0 radical (unpaired) electrons. The van der Waals surface area contributed by atoms with Crippen LogP contribution in [0.1, 0.15) is 41.4 Å². The summed E-state index contributed by atoms with van der Waals surface area (Å²) >= 11 is 0. The van der Waals surface area contributed by atoms with Crippen LogP contribution in [-0.4, -0.2) is 37.6 Å². The molecule has 0 saturated carbocycles. The Balaban J connectivity index is 1.91. The number of fused-ring (bicyclic) bond motifs is 1. The van der Waals surface area contributed by atoms with Gasteiger partial charge in [-0.3, -0.25) is 4.79 Å². The van der Waals surface area contributed by atoms with Crippen molar-refractivity contribution in [2.75, 3.05) is 0 Å². The molecule has 0 spiro atoms. The third-order valence-corrected chi connectivity index (χ3v) is 4.23. The van der Waals surface area contributed by atoms with Crippen molar-refractivity contribution in [3.63, 3.8) is 0 Å². The molecule has 2 aromatic heterocycles. The third-order valence-electron chi connectivity index (χ3n) is 4.23. The van der Waals surface area contributed by atoms with E-state index in [9.17, 15) is 27.5 Å². The Hall–Kier alpha value is -3.21. The van der Waals surface area contributed by atoms with Crippen LogP contribution in [0.5, 0.6) is 5.75 Å². The number of alkyl halides is 3. The minimum Gasteiger partial charge on any atom is -0.403 e. The minimum atomic E-state index is -5.05. The zero-order chi connectivity index (χ0) is 22.3. The molecule has 1 unspecified atom stereocenters. The number of aliphatic hydroxyl groups is 1. The number of carbonyl (C=O) groups excluding carboxylic acids is 1. The third kappa shape index (κ3) is 4.67. The molecule has 160 valence electrons. The number of aryl methyl sites for hydroxylation is 1. The molecule has 0 aliphatic carbocycles. The number of hydrogen-bond acceptors (Lipinski definition) is 5. The summed E-state index contributed by atoms with van der Waals surface area (Å²) in [5.74, 6) is -2.96. The first kappa shape index (κ1) is 21.5. The van der Waals surface area contributed by atoms with Gasteiger partial charge in [0.05, 0.1) is 17.8 Å². The molecule has 2 heterocycles. The van der Waals surface area contributed by atoms with E-state index < -0.39 is 35.5 Å². The van der Waals surface area contributed by atoms with Crippen LogP contribution >= 0.6 is 0 Å². The minimum absolute atomic E-state index is 0.0446. The van der Waals surface area contributed by atoms with E-state index in [1.54, 1.807) is 19.3 Å². The first-order chi connectivity index (χ1) is 13.8. The second-order valence-corrected chi connectivity index (χ2v) is 7.26. The number of hydrogen-bond donors (Lipinski definition) is 2. The highest BCUT2D eigenvalue weighted by molar-refractivity contribution is 5.99. The lowest BCUT2D eigenvalue weighted by Gasteiger charge is -2.30. The average molecular weight is 426 g/mol. The fourth-order valence-electron chi connectivity index (χ4n) is 2.91. The second kappa shape index (κ2) is 7.56. The Morgan fingerprint density at radius 1 is 1.27 bits per heavy atom. The molecule has 1 amide bonds. The Labute approximate surface area is 168 Å². The lowest BCUT2D eigenvalue weighted by molar-refractivity contribution is -0.275. The van der Waals surface area contributed by atoms with Crippen molar-refractivity contribution in [3.05, 3.63) is 59.3 Å². The summed E-state index contributed by atoms with van der Waals surface area (Å²) in [6.07, 6.45) is -0.544. The van der Waals surface area contributed by atoms with Crippen LogP contribution in [-0.2, 0) is 0 Å². The van der Waals surface area contributed by atoms with Crippen LogP contribution in [0.4, 0.5) is 17.6 Å². The van der Waals surface area contributed by atoms with Crippen molar-refractivity contribution >= 4 is 11.6 Å². The predicted molar refractivity (Wildman–Crippen MR) is 97.3 cm³/mol. The number of amides is 1. The van der Waals surface area contributed by atoms with Crippen molar-refractivity contribution in [2.45, 2.75) is 38.8 Å². The number of ether oxygens (including phenoxy) is 1. The van der Waals surface area contributed by atoms with E-state index in [4.69, 9.17) is 0 Å². The number of benzene rings is 1. The molecule has 30 heavy (non-hydrogen) atoms. The molecular weight excluding hydrogens is 408 g/mol. The van der Waals surface area contributed by atoms with Gasteiger partial charge in [-0.1, -0.05) is 6.07 Å². The van der Waals surface area contributed by atoms with E-state index in [0.29, 0.717) is 0 Å². The highest BCUT2D eigenvalue weighted by Crippen LogP contribution is 2.31. The quantitative estimate of drug-likeness (QED) is 0.611. The SMILES string of the molecule is Cc1cnc2c(C(=O)NC(c3ccc(OC(F)(F)F)c(F)c3)C(C)(C)O)cnn2c1. The molecule has 3 rings (SSSR count). The molecule has 7 nitrogen and oxygen atoms in total. The summed E-state index contributed by atoms with van der Waals surface area (Å²) in [6.45, 7) is 4.54. The lowest BCUT2D eigenvalue weighted by atomic mass is 9.91. The highest BCUT2D eigenvalue weighted by atomic mass is 19.4. The summed E-state index contributed by atoms with van der Waals surface area (Å²) in [6, 6.07) is 1.52. The van der Waals surface area contributed by atoms with Crippen molar-refractivity contribution < 1.29 is 32.2 Å². The Kier molecular flexibility index (Phi) is 5.42. The molecule has 0 aliphatic rings. The van der Waals surface area contributed by atoms with E-state index in [2.05, 4.69) is 20.1 Å². The molecule has 1 atom stereocenters. The van der Waals surface area contributed by atoms with Gasteiger partial charge in [0.15, 0.2) is 17.2 Å². The van der Waals surface area contributed by atoms with Gasteiger partial charge >= 0.3 is 6.36 Å². The van der Waals surface area contributed by atoms with Gasteiger partial charge in [-0.05, 0) is 44.0 Å². The smallest absolute Gasteiger partial charge is 0.403 e. The summed E-state index contributed by atoms with van der Waals surface area (Å²) in [5.41, 5.74) is -0.331. The first-order valence-electron chi connectivity index (χ1n) is 8.73. The standard InChI is InChI=1S/C19H18F4N4O3/c1-10-7-24-16-12(8-25-27(16)9-10)17(28)26-15(18(2,3)29)11-4-5-14(13(20)6-11)30-19(21,22)23/h4-9,15,29H,1-3H3,(H,26,28). The van der Waals surface area contributed by atoms with E-state index in [1.807, 2.05) is 0 Å². The zero-order valence-electron chi connectivity index (χ0n) is 16.2. The number of rotatable bonds is 5. The van der Waals surface area contributed by atoms with Gasteiger partial charge in [0.1, 0.15) is 5.56 Å². The largest absolute Gasteiger partial charge is 0.573 e.